The predicted octanol–water partition coefficient (Wildman–Crippen LogP) is 2.15. The van der Waals surface area contributed by atoms with E-state index < -0.39 is 0 Å². The zero-order chi connectivity index (χ0) is 10.3. The second-order valence-corrected chi connectivity index (χ2v) is 5.43. The van der Waals surface area contributed by atoms with Crippen molar-refractivity contribution in [1.82, 2.24) is 0 Å². The summed E-state index contributed by atoms with van der Waals surface area (Å²) in [5.74, 6) is 1.41. The fourth-order valence-corrected chi connectivity index (χ4v) is 3.54. The zero-order valence-electron chi connectivity index (χ0n) is 9.12. The van der Waals surface area contributed by atoms with Crippen molar-refractivity contribution in [3.8, 4) is 0 Å². The van der Waals surface area contributed by atoms with Crippen molar-refractivity contribution in [3.05, 3.63) is 0 Å². The third-order valence-corrected chi connectivity index (χ3v) is 4.54. The van der Waals surface area contributed by atoms with Crippen molar-refractivity contribution >= 4 is 5.78 Å². The molecule has 0 aromatic rings. The average molecular weight is 196 g/mol. The molecule has 80 valence electrons. The standard InChI is InChI=1S/C12H20O2/c1-8-7-9(13)5-6-12(2)10(8)3-4-11(12)14/h8,10-11,14H,3-7H2,1-2H3/t8-,10-,11-,12-/m0/s1. The molecule has 0 radical (unpaired) electrons. The molecule has 0 heterocycles. The highest BCUT2D eigenvalue weighted by Crippen LogP contribution is 2.52. The average Bonchev–Trinajstić information content (AvgIpc) is 2.35. The van der Waals surface area contributed by atoms with E-state index >= 15 is 0 Å². The maximum absolute atomic E-state index is 11.5. The fraction of sp³-hybridized carbons (Fsp3) is 0.917. The van der Waals surface area contributed by atoms with Gasteiger partial charge in [0.25, 0.3) is 0 Å². The van der Waals surface area contributed by atoms with Crippen LogP contribution in [0.15, 0.2) is 0 Å². The SMILES string of the molecule is C[C@H]1CC(=O)CC[C@]2(C)[C@@H](O)CC[C@@H]12. The Morgan fingerprint density at radius 3 is 2.86 bits per heavy atom. The van der Waals surface area contributed by atoms with E-state index in [0.29, 0.717) is 24.0 Å². The minimum atomic E-state index is -0.180. The smallest absolute Gasteiger partial charge is 0.133 e. The Balaban J connectivity index is 2.25. The van der Waals surface area contributed by atoms with E-state index in [2.05, 4.69) is 13.8 Å². The first-order valence-electron chi connectivity index (χ1n) is 5.74. The maximum atomic E-state index is 11.5. The van der Waals surface area contributed by atoms with Gasteiger partial charge in [0.2, 0.25) is 0 Å². The fourth-order valence-electron chi connectivity index (χ4n) is 3.54. The van der Waals surface area contributed by atoms with Gasteiger partial charge in [-0.2, -0.15) is 0 Å². The summed E-state index contributed by atoms with van der Waals surface area (Å²) >= 11 is 0. The molecule has 0 aromatic heterocycles. The Morgan fingerprint density at radius 2 is 2.14 bits per heavy atom. The van der Waals surface area contributed by atoms with Gasteiger partial charge >= 0.3 is 0 Å². The third kappa shape index (κ3) is 1.40. The van der Waals surface area contributed by atoms with Crippen molar-refractivity contribution < 1.29 is 9.90 Å². The molecular weight excluding hydrogens is 176 g/mol. The number of fused-ring (bicyclic) bond motifs is 1. The van der Waals surface area contributed by atoms with Gasteiger partial charge in [-0.1, -0.05) is 13.8 Å². The van der Waals surface area contributed by atoms with Gasteiger partial charge in [0.05, 0.1) is 6.10 Å². The summed E-state index contributed by atoms with van der Waals surface area (Å²) in [7, 11) is 0. The van der Waals surface area contributed by atoms with Gasteiger partial charge in [0.1, 0.15) is 5.78 Å². The van der Waals surface area contributed by atoms with E-state index in [-0.39, 0.29) is 11.5 Å². The second kappa shape index (κ2) is 3.34. The maximum Gasteiger partial charge on any atom is 0.133 e. The molecule has 1 N–H and O–H groups in total. The molecule has 14 heavy (non-hydrogen) atoms. The van der Waals surface area contributed by atoms with Gasteiger partial charge in [-0.15, -0.1) is 0 Å². The topological polar surface area (TPSA) is 37.3 Å². The first-order valence-corrected chi connectivity index (χ1v) is 5.74. The summed E-state index contributed by atoms with van der Waals surface area (Å²) in [6.45, 7) is 4.34. The van der Waals surface area contributed by atoms with E-state index in [4.69, 9.17) is 0 Å². The van der Waals surface area contributed by atoms with Crippen LogP contribution in [0.3, 0.4) is 0 Å². The van der Waals surface area contributed by atoms with Crippen LogP contribution in [0.25, 0.3) is 0 Å². The molecule has 2 nitrogen and oxygen atoms in total. The van der Waals surface area contributed by atoms with Crippen molar-refractivity contribution in [3.63, 3.8) is 0 Å². The highest BCUT2D eigenvalue weighted by molar-refractivity contribution is 5.79. The highest BCUT2D eigenvalue weighted by Gasteiger charge is 2.49. The minimum Gasteiger partial charge on any atom is -0.393 e. The number of aliphatic hydroxyl groups is 1. The minimum absolute atomic E-state index is 0.0194. The van der Waals surface area contributed by atoms with Gasteiger partial charge < -0.3 is 5.11 Å². The van der Waals surface area contributed by atoms with Crippen LogP contribution >= 0.6 is 0 Å². The molecule has 0 saturated heterocycles. The molecule has 2 fully saturated rings. The van der Waals surface area contributed by atoms with Crippen molar-refractivity contribution in [2.24, 2.45) is 17.3 Å². The van der Waals surface area contributed by atoms with Gasteiger partial charge in [-0.3, -0.25) is 4.79 Å². The van der Waals surface area contributed by atoms with E-state index in [1.807, 2.05) is 0 Å². The molecule has 0 aliphatic heterocycles. The summed E-state index contributed by atoms with van der Waals surface area (Å²) < 4.78 is 0. The van der Waals surface area contributed by atoms with Crippen LogP contribution in [0, 0.1) is 17.3 Å². The zero-order valence-corrected chi connectivity index (χ0v) is 9.12. The van der Waals surface area contributed by atoms with E-state index in [0.717, 1.165) is 25.7 Å². The number of rotatable bonds is 0. The molecule has 2 aliphatic carbocycles. The van der Waals surface area contributed by atoms with E-state index in [9.17, 15) is 9.90 Å². The van der Waals surface area contributed by atoms with Crippen LogP contribution in [0.4, 0.5) is 0 Å². The number of hydrogen-bond acceptors (Lipinski definition) is 2. The highest BCUT2D eigenvalue weighted by atomic mass is 16.3. The quantitative estimate of drug-likeness (QED) is 0.644. The van der Waals surface area contributed by atoms with Crippen LogP contribution in [0.2, 0.25) is 0 Å². The largest absolute Gasteiger partial charge is 0.393 e. The molecule has 2 aliphatic rings. The number of carbonyl (C=O) groups excluding carboxylic acids is 1. The lowest BCUT2D eigenvalue weighted by Gasteiger charge is -2.35. The molecule has 2 rings (SSSR count). The Morgan fingerprint density at radius 1 is 1.43 bits per heavy atom. The molecular formula is C12H20O2. The van der Waals surface area contributed by atoms with E-state index in [1.54, 1.807) is 0 Å². The second-order valence-electron chi connectivity index (χ2n) is 5.43. The summed E-state index contributed by atoms with van der Waals surface area (Å²) in [5.41, 5.74) is 0.0194. The van der Waals surface area contributed by atoms with Gasteiger partial charge in [-0.25, -0.2) is 0 Å². The number of hydrogen-bond donors (Lipinski definition) is 1. The normalized spacial score (nSPS) is 48.8. The molecule has 0 bridgehead atoms. The molecule has 0 aromatic carbocycles. The predicted molar refractivity (Wildman–Crippen MR) is 54.9 cm³/mol. The Kier molecular flexibility index (Phi) is 2.42. The summed E-state index contributed by atoms with van der Waals surface area (Å²) in [6, 6.07) is 0. The van der Waals surface area contributed by atoms with Crippen molar-refractivity contribution in [1.29, 1.82) is 0 Å². The number of carbonyl (C=O) groups is 1. The van der Waals surface area contributed by atoms with Crippen LogP contribution in [-0.4, -0.2) is 17.0 Å². The number of ketones is 1. The Labute approximate surface area is 85.7 Å². The lowest BCUT2D eigenvalue weighted by atomic mass is 9.71. The van der Waals surface area contributed by atoms with E-state index in [1.165, 1.54) is 0 Å². The van der Waals surface area contributed by atoms with Crippen LogP contribution < -0.4 is 0 Å². The Bertz CT molecular complexity index is 249. The Hall–Kier alpha value is -0.370. The molecule has 2 heteroatoms. The molecule has 4 atom stereocenters. The number of aliphatic hydroxyl groups excluding tert-OH is 1. The molecule has 0 amide bonds. The van der Waals surface area contributed by atoms with Crippen LogP contribution in [-0.2, 0) is 4.79 Å². The summed E-state index contributed by atoms with van der Waals surface area (Å²) in [4.78, 5) is 11.5. The van der Waals surface area contributed by atoms with Gasteiger partial charge in [0, 0.05) is 12.8 Å². The lowest BCUT2D eigenvalue weighted by Crippen LogP contribution is -2.34. The van der Waals surface area contributed by atoms with Crippen LogP contribution in [0.5, 0.6) is 0 Å². The first-order chi connectivity index (χ1) is 6.54. The number of Topliss-reactive ketones (excluding diaryl/α,β-unsaturated/α-hetero) is 1. The monoisotopic (exact) mass is 196 g/mol. The molecule has 0 unspecified atom stereocenters. The first kappa shape index (κ1) is 10.2. The van der Waals surface area contributed by atoms with Crippen LogP contribution in [0.1, 0.15) is 46.0 Å². The van der Waals surface area contributed by atoms with Crippen molar-refractivity contribution in [2.75, 3.05) is 0 Å². The molecule has 2 saturated carbocycles. The summed E-state index contributed by atoms with van der Waals surface area (Å²) in [5, 5.41) is 10.0. The van der Waals surface area contributed by atoms with Crippen molar-refractivity contribution in [2.45, 2.75) is 52.1 Å². The van der Waals surface area contributed by atoms with Gasteiger partial charge in [-0.05, 0) is 36.5 Å². The van der Waals surface area contributed by atoms with Gasteiger partial charge in [0.15, 0.2) is 0 Å². The third-order valence-electron chi connectivity index (χ3n) is 4.54. The lowest BCUT2D eigenvalue weighted by molar-refractivity contribution is -0.119. The summed E-state index contributed by atoms with van der Waals surface area (Å²) in [6.07, 6.45) is 4.15. The molecule has 0 spiro atoms.